The Morgan fingerprint density at radius 1 is 1.07 bits per heavy atom. The average Bonchev–Trinajstić information content (AvgIpc) is 2.98. The van der Waals surface area contributed by atoms with E-state index in [4.69, 9.17) is 21.1 Å². The molecule has 0 aliphatic carbocycles. The number of benzene rings is 1. The van der Waals surface area contributed by atoms with Gasteiger partial charge in [-0.25, -0.2) is 14.6 Å². The third kappa shape index (κ3) is 4.70. The topological polar surface area (TPSA) is 68.7 Å². The van der Waals surface area contributed by atoms with Gasteiger partial charge in [0.05, 0.1) is 24.8 Å². The van der Waals surface area contributed by atoms with Crippen molar-refractivity contribution < 1.29 is 19.1 Å². The Bertz CT molecular complexity index is 1020. The van der Waals surface area contributed by atoms with Crippen molar-refractivity contribution in [2.75, 3.05) is 19.1 Å². The molecule has 0 unspecified atom stereocenters. The van der Waals surface area contributed by atoms with E-state index in [0.717, 1.165) is 9.92 Å². The van der Waals surface area contributed by atoms with Crippen LogP contribution in [-0.2, 0) is 19.1 Å². The molecule has 0 saturated carbocycles. The number of nitrogens with zero attached hydrogens (tertiary/aromatic N) is 2. The second-order valence-electron chi connectivity index (χ2n) is 5.70. The molecule has 0 bridgehead atoms. The standard InChI is InChI=1S/C21H17ClN2O4S/c1-27-20(25)15-7-4-6-12-24(19(15)21(26)28-2)14-9-10-17(16(22)13-14)29-18-8-3-5-11-23-18/h3-13H,1-2H3. The first-order valence-electron chi connectivity index (χ1n) is 8.48. The average molecular weight is 429 g/mol. The van der Waals surface area contributed by atoms with Gasteiger partial charge in [0, 0.05) is 23.0 Å². The summed E-state index contributed by atoms with van der Waals surface area (Å²) in [5, 5.41) is 1.29. The fourth-order valence-electron chi connectivity index (χ4n) is 2.61. The van der Waals surface area contributed by atoms with Gasteiger partial charge in [-0.1, -0.05) is 35.5 Å². The van der Waals surface area contributed by atoms with Crippen molar-refractivity contribution in [3.63, 3.8) is 0 Å². The number of carbonyl (C=O) groups is 2. The smallest absolute Gasteiger partial charge is 0.355 e. The van der Waals surface area contributed by atoms with Crippen molar-refractivity contribution in [3.8, 4) is 0 Å². The molecule has 0 spiro atoms. The van der Waals surface area contributed by atoms with Crippen molar-refractivity contribution in [1.29, 1.82) is 0 Å². The fourth-order valence-corrected chi connectivity index (χ4v) is 3.68. The second-order valence-corrected chi connectivity index (χ2v) is 7.17. The maximum absolute atomic E-state index is 12.5. The van der Waals surface area contributed by atoms with Crippen LogP contribution in [0, 0.1) is 0 Å². The first-order valence-corrected chi connectivity index (χ1v) is 9.68. The molecule has 0 fully saturated rings. The molecule has 6 nitrogen and oxygen atoms in total. The summed E-state index contributed by atoms with van der Waals surface area (Å²) in [6, 6.07) is 11.0. The molecule has 0 saturated heterocycles. The molecular weight excluding hydrogens is 412 g/mol. The number of pyridine rings is 1. The van der Waals surface area contributed by atoms with Crippen molar-refractivity contribution >= 4 is 41.0 Å². The molecule has 8 heteroatoms. The van der Waals surface area contributed by atoms with Crippen LogP contribution in [-0.4, -0.2) is 31.1 Å². The summed E-state index contributed by atoms with van der Waals surface area (Å²) < 4.78 is 9.71. The Morgan fingerprint density at radius 3 is 2.52 bits per heavy atom. The van der Waals surface area contributed by atoms with Crippen LogP contribution >= 0.6 is 23.4 Å². The molecule has 0 radical (unpaired) electrons. The van der Waals surface area contributed by atoms with Gasteiger partial charge in [0.25, 0.3) is 0 Å². The predicted molar refractivity (Wildman–Crippen MR) is 112 cm³/mol. The molecular formula is C21H17ClN2O4S. The van der Waals surface area contributed by atoms with Gasteiger partial charge in [-0.15, -0.1) is 0 Å². The van der Waals surface area contributed by atoms with Crippen LogP contribution in [0.3, 0.4) is 0 Å². The first kappa shape index (κ1) is 20.7. The highest BCUT2D eigenvalue weighted by molar-refractivity contribution is 7.99. The van der Waals surface area contributed by atoms with Crippen molar-refractivity contribution in [2.45, 2.75) is 9.92 Å². The van der Waals surface area contributed by atoms with E-state index in [1.807, 2.05) is 24.3 Å². The molecule has 29 heavy (non-hydrogen) atoms. The molecule has 1 aliphatic heterocycles. The number of anilines is 1. The number of methoxy groups -OCH3 is 2. The van der Waals surface area contributed by atoms with Gasteiger partial charge < -0.3 is 14.4 Å². The summed E-state index contributed by atoms with van der Waals surface area (Å²) in [4.78, 5) is 31.3. The summed E-state index contributed by atoms with van der Waals surface area (Å²) >= 11 is 7.91. The Kier molecular flexibility index (Phi) is 6.74. The summed E-state index contributed by atoms with van der Waals surface area (Å²) in [6.45, 7) is 0. The van der Waals surface area contributed by atoms with E-state index in [2.05, 4.69) is 4.98 Å². The van der Waals surface area contributed by atoms with E-state index in [9.17, 15) is 9.59 Å². The minimum atomic E-state index is -0.676. The molecule has 3 rings (SSSR count). The molecule has 0 atom stereocenters. The Morgan fingerprint density at radius 2 is 1.86 bits per heavy atom. The Balaban J connectivity index is 2.02. The van der Waals surface area contributed by atoms with Crippen molar-refractivity contribution in [1.82, 2.24) is 4.98 Å². The van der Waals surface area contributed by atoms with Gasteiger partial charge in [0.2, 0.25) is 0 Å². The normalized spacial score (nSPS) is 13.3. The van der Waals surface area contributed by atoms with E-state index in [-0.39, 0.29) is 11.3 Å². The lowest BCUT2D eigenvalue weighted by Gasteiger charge is -2.23. The van der Waals surface area contributed by atoms with E-state index in [1.165, 1.54) is 32.1 Å². The SMILES string of the molecule is COC(=O)C1=C(C(=O)OC)N(c2ccc(Sc3ccccn3)c(Cl)c2)C=CC=C1. The number of hydrogen-bond acceptors (Lipinski definition) is 7. The van der Waals surface area contributed by atoms with Crippen LogP contribution in [0.5, 0.6) is 0 Å². The van der Waals surface area contributed by atoms with E-state index in [1.54, 1.807) is 41.6 Å². The summed E-state index contributed by atoms with van der Waals surface area (Å²) in [5.41, 5.74) is 0.695. The summed E-state index contributed by atoms with van der Waals surface area (Å²) in [7, 11) is 2.50. The van der Waals surface area contributed by atoms with Gasteiger partial charge in [0.15, 0.2) is 0 Å². The molecule has 148 valence electrons. The zero-order valence-electron chi connectivity index (χ0n) is 15.7. The lowest BCUT2D eigenvalue weighted by atomic mass is 10.1. The molecule has 0 N–H and O–H groups in total. The van der Waals surface area contributed by atoms with E-state index >= 15 is 0 Å². The zero-order valence-corrected chi connectivity index (χ0v) is 17.2. The summed E-state index contributed by atoms with van der Waals surface area (Å²) in [5.74, 6) is -1.33. The van der Waals surface area contributed by atoms with Crippen LogP contribution in [0.15, 0.2) is 88.2 Å². The van der Waals surface area contributed by atoms with Crippen LogP contribution in [0.4, 0.5) is 5.69 Å². The number of halogens is 1. The minimum absolute atomic E-state index is 0.0329. The third-order valence-electron chi connectivity index (χ3n) is 3.94. The third-order valence-corrected chi connectivity index (χ3v) is 5.39. The highest BCUT2D eigenvalue weighted by Crippen LogP contribution is 2.36. The molecule has 1 aromatic heterocycles. The van der Waals surface area contributed by atoms with Gasteiger partial charge >= 0.3 is 11.9 Å². The highest BCUT2D eigenvalue weighted by atomic mass is 35.5. The number of esters is 2. The van der Waals surface area contributed by atoms with Crippen LogP contribution in [0.1, 0.15) is 0 Å². The maximum atomic E-state index is 12.5. The van der Waals surface area contributed by atoms with E-state index < -0.39 is 11.9 Å². The molecule has 1 aliphatic rings. The number of ether oxygens (including phenoxy) is 2. The van der Waals surface area contributed by atoms with Gasteiger partial charge in [-0.3, -0.25) is 0 Å². The van der Waals surface area contributed by atoms with Crippen molar-refractivity contribution in [2.24, 2.45) is 0 Å². The molecule has 2 aromatic rings. The number of allylic oxidation sites excluding steroid dienone is 2. The van der Waals surface area contributed by atoms with Crippen molar-refractivity contribution in [3.05, 3.63) is 83.3 Å². The second kappa shape index (κ2) is 9.45. The van der Waals surface area contributed by atoms with Crippen LogP contribution < -0.4 is 4.90 Å². The lowest BCUT2D eigenvalue weighted by Crippen LogP contribution is -2.26. The van der Waals surface area contributed by atoms with Gasteiger partial charge in [-0.2, -0.15) is 0 Å². The van der Waals surface area contributed by atoms with Gasteiger partial charge in [0.1, 0.15) is 10.7 Å². The highest BCUT2D eigenvalue weighted by Gasteiger charge is 2.27. The largest absolute Gasteiger partial charge is 0.465 e. The van der Waals surface area contributed by atoms with Crippen LogP contribution in [0.25, 0.3) is 0 Å². The number of rotatable bonds is 5. The quantitative estimate of drug-likeness (QED) is 0.654. The van der Waals surface area contributed by atoms with E-state index in [0.29, 0.717) is 10.7 Å². The number of hydrogen-bond donors (Lipinski definition) is 0. The monoisotopic (exact) mass is 428 g/mol. The first-order chi connectivity index (χ1) is 14.0. The minimum Gasteiger partial charge on any atom is -0.465 e. The Labute approximate surface area is 177 Å². The Hall–Kier alpha value is -3.03. The molecule has 2 heterocycles. The van der Waals surface area contributed by atoms with Gasteiger partial charge in [-0.05, 0) is 42.5 Å². The molecule has 0 amide bonds. The van der Waals surface area contributed by atoms with Crippen LogP contribution in [0.2, 0.25) is 5.02 Å². The lowest BCUT2D eigenvalue weighted by molar-refractivity contribution is -0.139. The number of carbonyl (C=O) groups excluding carboxylic acids is 2. The predicted octanol–water partition coefficient (Wildman–Crippen LogP) is 4.38. The number of aromatic nitrogens is 1. The molecule has 1 aromatic carbocycles. The maximum Gasteiger partial charge on any atom is 0.355 e. The fraction of sp³-hybridized carbons (Fsp3) is 0.0952. The summed E-state index contributed by atoms with van der Waals surface area (Å²) in [6.07, 6.45) is 8.20. The zero-order chi connectivity index (χ0) is 20.8.